The maximum atomic E-state index is 12.1. The topological polar surface area (TPSA) is 66.8 Å². The Hall–Kier alpha value is -1.03. The predicted molar refractivity (Wildman–Crippen MR) is 90.2 cm³/mol. The van der Waals surface area contributed by atoms with E-state index in [4.69, 9.17) is 4.74 Å². The first-order valence-electron chi connectivity index (χ1n) is 9.62. The molecule has 4 rings (SSSR count). The average Bonchev–Trinajstić information content (AvgIpc) is 2.54. The van der Waals surface area contributed by atoms with Crippen molar-refractivity contribution in [2.45, 2.75) is 76.9 Å². The number of hydrogen-bond acceptors (Lipinski definition) is 4. The highest BCUT2D eigenvalue weighted by Crippen LogP contribution is 2.63. The van der Waals surface area contributed by atoms with Crippen molar-refractivity contribution < 1.29 is 19.7 Å². The Labute approximate surface area is 144 Å². The summed E-state index contributed by atoms with van der Waals surface area (Å²) in [4.78, 5) is 12.1. The lowest BCUT2D eigenvalue weighted by molar-refractivity contribution is -0.196. The zero-order valence-corrected chi connectivity index (χ0v) is 14.8. The van der Waals surface area contributed by atoms with Gasteiger partial charge in [-0.05, 0) is 81.5 Å². The third-order valence-electron chi connectivity index (χ3n) is 8.15. The molecule has 3 saturated carbocycles. The molecule has 0 radical (unpaired) electrons. The van der Waals surface area contributed by atoms with E-state index in [-0.39, 0.29) is 17.7 Å². The predicted octanol–water partition coefficient (Wildman–Crippen LogP) is 3.74. The zero-order chi connectivity index (χ0) is 17.1. The number of aliphatic hydroxyl groups excluding tert-OH is 2. The second-order valence-corrected chi connectivity index (χ2v) is 9.18. The third-order valence-corrected chi connectivity index (χ3v) is 8.15. The highest BCUT2D eigenvalue weighted by Gasteiger charge is 2.59. The van der Waals surface area contributed by atoms with Crippen LogP contribution in [0.15, 0.2) is 11.8 Å². The molecule has 0 aromatic heterocycles. The molecular formula is C20H30O4. The third kappa shape index (κ3) is 2.25. The van der Waals surface area contributed by atoms with Crippen molar-refractivity contribution in [1.29, 1.82) is 0 Å². The largest absolute Gasteiger partial charge is 0.515 e. The molecule has 4 fully saturated rings. The van der Waals surface area contributed by atoms with Crippen LogP contribution in [0, 0.1) is 29.1 Å². The van der Waals surface area contributed by atoms with Crippen LogP contribution >= 0.6 is 0 Å². The van der Waals surface area contributed by atoms with E-state index in [0.717, 1.165) is 44.8 Å². The van der Waals surface area contributed by atoms with Crippen LogP contribution in [-0.2, 0) is 9.53 Å². The molecule has 0 spiro atoms. The first-order chi connectivity index (χ1) is 11.4. The van der Waals surface area contributed by atoms with Gasteiger partial charge in [0.1, 0.15) is 5.60 Å². The Balaban J connectivity index is 1.64. The monoisotopic (exact) mass is 334 g/mol. The number of carbonyl (C=O) groups excluding carboxylic acids is 1. The Morgan fingerprint density at radius 1 is 1.12 bits per heavy atom. The van der Waals surface area contributed by atoms with Crippen LogP contribution < -0.4 is 0 Å². The summed E-state index contributed by atoms with van der Waals surface area (Å²) in [6.07, 6.45) is 8.86. The molecule has 3 aliphatic carbocycles. The summed E-state index contributed by atoms with van der Waals surface area (Å²) in [7, 11) is 0. The lowest BCUT2D eigenvalue weighted by Crippen LogP contribution is -2.58. The van der Waals surface area contributed by atoms with Crippen molar-refractivity contribution in [3.63, 3.8) is 0 Å². The Morgan fingerprint density at radius 3 is 2.67 bits per heavy atom. The molecular weight excluding hydrogens is 304 g/mol. The van der Waals surface area contributed by atoms with Crippen molar-refractivity contribution in [2.75, 3.05) is 0 Å². The highest BCUT2D eigenvalue weighted by atomic mass is 16.6. The summed E-state index contributed by atoms with van der Waals surface area (Å²) < 4.78 is 5.81. The van der Waals surface area contributed by atoms with Gasteiger partial charge in [-0.1, -0.05) is 6.92 Å². The number of aliphatic hydroxyl groups is 2. The van der Waals surface area contributed by atoms with Crippen molar-refractivity contribution in [3.8, 4) is 0 Å². The van der Waals surface area contributed by atoms with Crippen LogP contribution in [0.1, 0.15) is 65.2 Å². The fraction of sp³-hybridized carbons (Fsp3) is 0.850. The minimum Gasteiger partial charge on any atom is -0.515 e. The minimum absolute atomic E-state index is 0.118. The highest BCUT2D eigenvalue weighted by molar-refractivity contribution is 5.89. The number of fused-ring (bicyclic) bond motifs is 5. The second kappa shape index (κ2) is 5.48. The first kappa shape index (κ1) is 16.4. The maximum Gasteiger partial charge on any atom is 0.337 e. The van der Waals surface area contributed by atoms with Crippen molar-refractivity contribution in [2.24, 2.45) is 29.1 Å². The summed E-state index contributed by atoms with van der Waals surface area (Å²) in [6, 6.07) is 0. The molecule has 0 aromatic rings. The minimum atomic E-state index is -0.373. The van der Waals surface area contributed by atoms with Crippen LogP contribution in [0.5, 0.6) is 0 Å². The van der Waals surface area contributed by atoms with Crippen molar-refractivity contribution in [1.82, 2.24) is 0 Å². The van der Waals surface area contributed by atoms with E-state index in [1.54, 1.807) is 0 Å². The molecule has 7 atom stereocenters. The van der Waals surface area contributed by atoms with Crippen LogP contribution in [0.25, 0.3) is 0 Å². The van der Waals surface area contributed by atoms with Crippen LogP contribution in [0.4, 0.5) is 0 Å². The molecule has 0 amide bonds. The molecule has 1 saturated heterocycles. The van der Waals surface area contributed by atoms with Crippen molar-refractivity contribution >= 4 is 5.97 Å². The SMILES string of the molecule is C[C@]12CC[C@H](O)C[C@@H]1CC[C@H]1[C@H]3C/C(=C/O)C(=O)O[C@]3(C)CC[C@@H]12. The number of esters is 1. The summed E-state index contributed by atoms with van der Waals surface area (Å²) >= 11 is 0. The average molecular weight is 334 g/mol. The van der Waals surface area contributed by atoms with Gasteiger partial charge in [-0.3, -0.25) is 0 Å². The van der Waals surface area contributed by atoms with Gasteiger partial charge in [-0.15, -0.1) is 0 Å². The molecule has 1 heterocycles. The van der Waals surface area contributed by atoms with E-state index in [1.165, 1.54) is 6.42 Å². The van der Waals surface area contributed by atoms with Gasteiger partial charge in [0.15, 0.2) is 0 Å². The fourth-order valence-electron chi connectivity index (χ4n) is 6.72. The number of ether oxygens (including phenoxy) is 1. The molecule has 24 heavy (non-hydrogen) atoms. The van der Waals surface area contributed by atoms with E-state index in [1.807, 2.05) is 0 Å². The molecule has 4 nitrogen and oxygen atoms in total. The van der Waals surface area contributed by atoms with Crippen LogP contribution in [0.3, 0.4) is 0 Å². The number of carbonyl (C=O) groups is 1. The van der Waals surface area contributed by atoms with Gasteiger partial charge in [0, 0.05) is 5.92 Å². The Morgan fingerprint density at radius 2 is 1.92 bits per heavy atom. The lowest BCUT2D eigenvalue weighted by atomic mass is 9.45. The molecule has 4 heteroatoms. The van der Waals surface area contributed by atoms with Gasteiger partial charge < -0.3 is 14.9 Å². The van der Waals surface area contributed by atoms with Gasteiger partial charge in [-0.2, -0.15) is 0 Å². The molecule has 0 unspecified atom stereocenters. The van der Waals surface area contributed by atoms with E-state index >= 15 is 0 Å². The molecule has 4 aliphatic rings. The Bertz CT molecular complexity index is 570. The lowest BCUT2D eigenvalue weighted by Gasteiger charge is -2.61. The van der Waals surface area contributed by atoms with Crippen LogP contribution in [0.2, 0.25) is 0 Å². The molecule has 0 aromatic carbocycles. The molecule has 2 N–H and O–H groups in total. The molecule has 1 aliphatic heterocycles. The zero-order valence-electron chi connectivity index (χ0n) is 14.8. The maximum absolute atomic E-state index is 12.1. The van der Waals surface area contributed by atoms with E-state index in [9.17, 15) is 15.0 Å². The summed E-state index contributed by atoms with van der Waals surface area (Å²) in [5.41, 5.74) is 0.375. The number of rotatable bonds is 0. The van der Waals surface area contributed by atoms with Gasteiger partial charge in [-0.25, -0.2) is 4.79 Å². The van der Waals surface area contributed by atoms with Crippen molar-refractivity contribution in [3.05, 3.63) is 11.8 Å². The standard InChI is InChI=1S/C20H30O4/c1-19-7-5-14(22)10-13(19)3-4-15-16(19)6-8-20(2)17(15)9-12(11-21)18(23)24-20/h11,13-17,21-22H,3-10H2,1-2H3/b12-11-/t13-,14-,15+,16-,17+,19-,20+/m0/s1. The van der Waals surface area contributed by atoms with Gasteiger partial charge in [0.05, 0.1) is 17.9 Å². The van der Waals surface area contributed by atoms with Gasteiger partial charge in [0.2, 0.25) is 0 Å². The van der Waals surface area contributed by atoms with Gasteiger partial charge >= 0.3 is 5.97 Å². The smallest absolute Gasteiger partial charge is 0.337 e. The molecule has 134 valence electrons. The first-order valence-corrected chi connectivity index (χ1v) is 9.62. The van der Waals surface area contributed by atoms with E-state index in [0.29, 0.717) is 41.1 Å². The van der Waals surface area contributed by atoms with E-state index < -0.39 is 0 Å². The quantitative estimate of drug-likeness (QED) is 0.402. The van der Waals surface area contributed by atoms with Crippen LogP contribution in [-0.4, -0.2) is 27.9 Å². The Kier molecular flexibility index (Phi) is 3.76. The fourth-order valence-corrected chi connectivity index (χ4v) is 6.72. The summed E-state index contributed by atoms with van der Waals surface area (Å²) in [5, 5.41) is 19.5. The second-order valence-electron chi connectivity index (χ2n) is 9.18. The normalized spacial score (nSPS) is 52.9. The van der Waals surface area contributed by atoms with E-state index in [2.05, 4.69) is 13.8 Å². The van der Waals surface area contributed by atoms with Gasteiger partial charge in [0.25, 0.3) is 0 Å². The number of hydrogen-bond donors (Lipinski definition) is 2. The molecule has 0 bridgehead atoms. The summed E-state index contributed by atoms with van der Waals surface area (Å²) in [6.45, 7) is 4.54. The summed E-state index contributed by atoms with van der Waals surface area (Å²) in [5.74, 6) is 1.82.